The zero-order chi connectivity index (χ0) is 11.8. The highest BCUT2D eigenvalue weighted by Gasteiger charge is 2.55. The van der Waals surface area contributed by atoms with Gasteiger partial charge in [-0.15, -0.1) is 11.6 Å². The van der Waals surface area contributed by atoms with Gasteiger partial charge < -0.3 is 5.32 Å². The molecule has 1 aromatic rings. The van der Waals surface area contributed by atoms with E-state index in [0.717, 1.165) is 18.8 Å². The minimum absolute atomic E-state index is 0.314. The summed E-state index contributed by atoms with van der Waals surface area (Å²) >= 11 is 6.22. The van der Waals surface area contributed by atoms with Gasteiger partial charge in [-0.25, -0.2) is 0 Å². The van der Waals surface area contributed by atoms with E-state index in [0.29, 0.717) is 23.3 Å². The molecule has 1 heterocycles. The van der Waals surface area contributed by atoms with E-state index in [1.807, 2.05) is 6.07 Å². The third kappa shape index (κ3) is 2.19. The Labute approximate surface area is 107 Å². The van der Waals surface area contributed by atoms with Gasteiger partial charge in [-0.2, -0.15) is 0 Å². The number of halogens is 1. The van der Waals surface area contributed by atoms with Crippen LogP contribution in [-0.2, 0) is 6.54 Å². The number of benzene rings is 1. The van der Waals surface area contributed by atoms with Gasteiger partial charge in [-0.3, -0.25) is 4.99 Å². The molecule has 0 amide bonds. The Morgan fingerprint density at radius 1 is 1.35 bits per heavy atom. The second-order valence-corrected chi connectivity index (χ2v) is 5.63. The first kappa shape index (κ1) is 11.1. The molecule has 1 saturated carbocycles. The third-order valence-corrected chi connectivity index (χ3v) is 4.35. The van der Waals surface area contributed by atoms with Crippen LogP contribution in [0.15, 0.2) is 35.3 Å². The van der Waals surface area contributed by atoms with Gasteiger partial charge in [-0.05, 0) is 11.5 Å². The molecule has 0 spiro atoms. The highest BCUT2D eigenvalue weighted by atomic mass is 35.5. The average molecular weight is 249 g/mol. The predicted octanol–water partition coefficient (Wildman–Crippen LogP) is 2.82. The van der Waals surface area contributed by atoms with Crippen LogP contribution in [0.2, 0.25) is 0 Å². The van der Waals surface area contributed by atoms with Crippen LogP contribution in [0.1, 0.15) is 18.9 Å². The van der Waals surface area contributed by atoms with Crippen LogP contribution in [-0.4, -0.2) is 17.3 Å². The number of fused-ring (bicyclic) bond motifs is 1. The van der Waals surface area contributed by atoms with Crippen molar-refractivity contribution < 1.29 is 0 Å². The van der Waals surface area contributed by atoms with Crippen LogP contribution in [0.4, 0.5) is 0 Å². The molecule has 1 N–H and O–H groups in total. The lowest BCUT2D eigenvalue weighted by atomic mass is 9.98. The first-order chi connectivity index (χ1) is 8.25. The lowest BCUT2D eigenvalue weighted by molar-refractivity contribution is 0.474. The summed E-state index contributed by atoms with van der Waals surface area (Å²) in [6.07, 6.45) is 1.04. The van der Waals surface area contributed by atoms with Crippen molar-refractivity contribution in [3.63, 3.8) is 0 Å². The number of piperidine rings is 1. The van der Waals surface area contributed by atoms with Gasteiger partial charge in [0.15, 0.2) is 0 Å². The van der Waals surface area contributed by atoms with Crippen molar-refractivity contribution in [3.8, 4) is 0 Å². The van der Waals surface area contributed by atoms with Gasteiger partial charge in [0.2, 0.25) is 0 Å². The first-order valence-corrected chi connectivity index (χ1v) is 6.67. The van der Waals surface area contributed by atoms with Crippen molar-refractivity contribution in [2.45, 2.75) is 31.3 Å². The molecule has 0 radical (unpaired) electrons. The zero-order valence-electron chi connectivity index (χ0n) is 9.94. The maximum atomic E-state index is 6.22. The van der Waals surface area contributed by atoms with E-state index in [9.17, 15) is 0 Å². The number of hydrogen-bond acceptors (Lipinski definition) is 1. The topological polar surface area (TPSA) is 24.4 Å². The van der Waals surface area contributed by atoms with Crippen LogP contribution in [0.25, 0.3) is 0 Å². The number of rotatable bonds is 2. The number of alkyl halides is 1. The van der Waals surface area contributed by atoms with Crippen molar-refractivity contribution in [1.82, 2.24) is 5.32 Å². The van der Waals surface area contributed by atoms with Crippen LogP contribution < -0.4 is 5.32 Å². The Kier molecular flexibility index (Phi) is 2.83. The maximum absolute atomic E-state index is 6.22. The summed E-state index contributed by atoms with van der Waals surface area (Å²) in [5, 5.41) is 3.77. The van der Waals surface area contributed by atoms with Gasteiger partial charge in [0, 0.05) is 18.4 Å². The van der Waals surface area contributed by atoms with Crippen molar-refractivity contribution in [1.29, 1.82) is 0 Å². The van der Waals surface area contributed by atoms with Gasteiger partial charge in [-0.1, -0.05) is 37.3 Å². The SMILES string of the molecule is C[C@H]1CC(=NCc2ccccc2)N[C@@H]2[C@H](Cl)[C@@H]21. The summed E-state index contributed by atoms with van der Waals surface area (Å²) in [4.78, 5) is 4.66. The molecule has 1 aliphatic carbocycles. The molecule has 3 heteroatoms. The van der Waals surface area contributed by atoms with Crippen LogP contribution in [0, 0.1) is 11.8 Å². The lowest BCUT2D eigenvalue weighted by Gasteiger charge is -2.20. The average Bonchev–Trinajstić information content (AvgIpc) is 3.00. The highest BCUT2D eigenvalue weighted by Crippen LogP contribution is 2.46. The summed E-state index contributed by atoms with van der Waals surface area (Å²) < 4.78 is 0. The fraction of sp³-hybridized carbons (Fsp3) is 0.500. The molecule has 2 nitrogen and oxygen atoms in total. The van der Waals surface area contributed by atoms with Crippen LogP contribution in [0.3, 0.4) is 0 Å². The quantitative estimate of drug-likeness (QED) is 0.800. The van der Waals surface area contributed by atoms with Crippen molar-refractivity contribution in [2.75, 3.05) is 0 Å². The molecule has 90 valence electrons. The standard InChI is InChI=1S/C14H17ClN2/c1-9-7-11(17-14-12(9)13(14)15)16-8-10-5-3-2-4-6-10/h2-6,9,12-14H,7-8H2,1H3,(H,16,17)/t9-,12-,13+,14-/m0/s1. The molecule has 2 fully saturated rings. The largest absolute Gasteiger partial charge is 0.369 e. The third-order valence-electron chi connectivity index (χ3n) is 3.79. The number of nitrogens with one attached hydrogen (secondary N) is 1. The van der Waals surface area contributed by atoms with E-state index in [1.165, 1.54) is 5.56 Å². The zero-order valence-corrected chi connectivity index (χ0v) is 10.7. The molecule has 1 aliphatic heterocycles. The Hall–Kier alpha value is -1.02. The monoisotopic (exact) mass is 248 g/mol. The second-order valence-electron chi connectivity index (χ2n) is 5.12. The molecule has 17 heavy (non-hydrogen) atoms. The number of nitrogens with zero attached hydrogens (tertiary/aromatic N) is 1. The summed E-state index contributed by atoms with van der Waals surface area (Å²) in [6.45, 7) is 3.04. The van der Waals surface area contributed by atoms with E-state index in [-0.39, 0.29) is 0 Å². The number of amidine groups is 1. The molecule has 0 unspecified atom stereocenters. The lowest BCUT2D eigenvalue weighted by Crippen LogP contribution is -2.34. The van der Waals surface area contributed by atoms with Crippen molar-refractivity contribution >= 4 is 17.4 Å². The Bertz CT molecular complexity index is 419. The molecular weight excluding hydrogens is 232 g/mol. The van der Waals surface area contributed by atoms with Gasteiger partial charge in [0.25, 0.3) is 0 Å². The molecule has 4 atom stereocenters. The molecule has 0 aromatic heterocycles. The van der Waals surface area contributed by atoms with Crippen LogP contribution in [0.5, 0.6) is 0 Å². The summed E-state index contributed by atoms with van der Waals surface area (Å²) in [5.41, 5.74) is 1.26. The van der Waals surface area contributed by atoms with Gasteiger partial charge in [0.1, 0.15) is 0 Å². The van der Waals surface area contributed by atoms with E-state index in [2.05, 4.69) is 41.5 Å². The molecule has 1 saturated heterocycles. The Balaban J connectivity index is 1.65. The maximum Gasteiger partial charge on any atom is 0.0972 e. The molecule has 1 aromatic carbocycles. The molecule has 0 bridgehead atoms. The van der Waals surface area contributed by atoms with E-state index in [4.69, 9.17) is 11.6 Å². The minimum Gasteiger partial charge on any atom is -0.369 e. The second kappa shape index (κ2) is 4.34. The number of aliphatic imine (C=N–C) groups is 1. The normalized spacial score (nSPS) is 37.4. The number of hydrogen-bond donors (Lipinski definition) is 1. The van der Waals surface area contributed by atoms with Gasteiger partial charge in [0.05, 0.1) is 17.8 Å². The Morgan fingerprint density at radius 2 is 2.12 bits per heavy atom. The van der Waals surface area contributed by atoms with E-state index in [1.54, 1.807) is 0 Å². The molecule has 2 aliphatic rings. The van der Waals surface area contributed by atoms with Crippen LogP contribution >= 0.6 is 11.6 Å². The summed E-state index contributed by atoms with van der Waals surface area (Å²) in [5.74, 6) is 2.45. The minimum atomic E-state index is 0.314. The summed E-state index contributed by atoms with van der Waals surface area (Å²) in [7, 11) is 0. The highest BCUT2D eigenvalue weighted by molar-refractivity contribution is 6.24. The smallest absolute Gasteiger partial charge is 0.0972 e. The van der Waals surface area contributed by atoms with E-state index >= 15 is 0 Å². The summed E-state index contributed by atoms with van der Waals surface area (Å²) in [6, 6.07) is 10.8. The first-order valence-electron chi connectivity index (χ1n) is 6.23. The van der Waals surface area contributed by atoms with Crippen molar-refractivity contribution in [2.24, 2.45) is 16.8 Å². The fourth-order valence-electron chi connectivity index (χ4n) is 2.71. The van der Waals surface area contributed by atoms with Crippen molar-refractivity contribution in [3.05, 3.63) is 35.9 Å². The van der Waals surface area contributed by atoms with E-state index < -0.39 is 0 Å². The predicted molar refractivity (Wildman–Crippen MR) is 71.4 cm³/mol. The molecular formula is C14H17ClN2. The Morgan fingerprint density at radius 3 is 2.82 bits per heavy atom. The molecule has 3 rings (SSSR count). The fourth-order valence-corrected chi connectivity index (χ4v) is 3.26. The van der Waals surface area contributed by atoms with Gasteiger partial charge >= 0.3 is 0 Å².